The Balaban J connectivity index is 1.43. The zero-order valence-electron chi connectivity index (χ0n) is 24.6. The molecule has 0 unspecified atom stereocenters. The van der Waals surface area contributed by atoms with Gasteiger partial charge in [-0.25, -0.2) is 0 Å². The zero-order chi connectivity index (χ0) is 29.7. The summed E-state index contributed by atoms with van der Waals surface area (Å²) in [4.78, 5) is 0. The summed E-state index contributed by atoms with van der Waals surface area (Å²) < 4.78 is 10.0. The first-order valence-corrected chi connectivity index (χ1v) is 15.9. The number of para-hydroxylation sites is 7. The van der Waals surface area contributed by atoms with E-state index in [-0.39, 0.29) is 0 Å². The largest absolute Gasteiger partial charge is 0.306 e. The second-order valence-electron chi connectivity index (χ2n) is 12.6. The molecule has 4 nitrogen and oxygen atoms in total. The summed E-state index contributed by atoms with van der Waals surface area (Å²) in [5.41, 5.74) is 14.7. The lowest BCUT2D eigenvalue weighted by atomic mass is 10.1. The van der Waals surface area contributed by atoms with Gasteiger partial charge in [-0.15, -0.1) is 0 Å². The van der Waals surface area contributed by atoms with Gasteiger partial charge >= 0.3 is 0 Å². The number of fused-ring (bicyclic) bond motifs is 14. The fraction of sp³-hybridized carbons (Fsp3) is 0. The Bertz CT molecular complexity index is 3240. The Labute approximate surface area is 261 Å². The first kappa shape index (κ1) is 23.2. The molecule has 0 radical (unpaired) electrons. The molecule has 0 amide bonds. The summed E-state index contributed by atoms with van der Waals surface area (Å²) in [5, 5.41) is 7.68. The summed E-state index contributed by atoms with van der Waals surface area (Å²) in [7, 11) is 0. The third-order valence-electron chi connectivity index (χ3n) is 10.4. The van der Waals surface area contributed by atoms with Crippen molar-refractivity contribution in [3.05, 3.63) is 146 Å². The molecule has 0 saturated carbocycles. The smallest absolute Gasteiger partial charge is 0.0790 e. The van der Waals surface area contributed by atoms with Gasteiger partial charge < -0.3 is 17.8 Å². The van der Waals surface area contributed by atoms with Gasteiger partial charge in [-0.2, -0.15) is 0 Å². The molecule has 7 aromatic carbocycles. The molecule has 4 heteroatoms. The molecule has 0 bridgehead atoms. The predicted octanol–water partition coefficient (Wildman–Crippen LogP) is 10.7. The van der Waals surface area contributed by atoms with Gasteiger partial charge in [0, 0.05) is 38.0 Å². The van der Waals surface area contributed by atoms with E-state index in [2.05, 4.69) is 163 Å². The Morgan fingerprint density at radius 3 is 1.39 bits per heavy atom. The maximum Gasteiger partial charge on any atom is 0.0790 e. The van der Waals surface area contributed by atoms with Gasteiger partial charge in [0.25, 0.3) is 0 Å². The Hall–Kier alpha value is -6.26. The molecule has 0 N–H and O–H groups in total. The van der Waals surface area contributed by atoms with E-state index in [1.807, 2.05) is 0 Å². The van der Waals surface area contributed by atoms with Crippen LogP contribution in [0.25, 0.3) is 98.7 Å². The van der Waals surface area contributed by atoms with E-state index in [0.717, 1.165) is 5.69 Å². The van der Waals surface area contributed by atoms with Crippen LogP contribution in [0.1, 0.15) is 0 Å². The summed E-state index contributed by atoms with van der Waals surface area (Å²) in [5.74, 6) is 0. The van der Waals surface area contributed by atoms with E-state index in [1.165, 1.54) is 93.0 Å². The van der Waals surface area contributed by atoms with E-state index >= 15 is 0 Å². The van der Waals surface area contributed by atoms with Crippen LogP contribution in [-0.2, 0) is 0 Å². The molecule has 0 atom stereocenters. The lowest BCUT2D eigenvalue weighted by Gasteiger charge is -2.18. The normalized spacial score (nSPS) is 12.8. The highest BCUT2D eigenvalue weighted by molar-refractivity contribution is 6.29. The van der Waals surface area contributed by atoms with Crippen molar-refractivity contribution in [2.24, 2.45) is 0 Å². The molecule has 12 rings (SSSR count). The van der Waals surface area contributed by atoms with Crippen LogP contribution in [-0.4, -0.2) is 17.8 Å². The monoisotopic (exact) mass is 584 g/mol. The molecular formula is C42H24N4. The Morgan fingerprint density at radius 2 is 0.674 bits per heavy atom. The Morgan fingerprint density at radius 1 is 0.239 bits per heavy atom. The number of benzene rings is 7. The highest BCUT2D eigenvalue weighted by atomic mass is 15.1. The van der Waals surface area contributed by atoms with Crippen molar-refractivity contribution in [1.29, 1.82) is 0 Å². The molecule has 0 aliphatic rings. The molecule has 212 valence electrons. The quantitative estimate of drug-likeness (QED) is 0.171. The summed E-state index contributed by atoms with van der Waals surface area (Å²) in [6.07, 6.45) is 0. The number of hydrogen-bond donors (Lipinski definition) is 0. The van der Waals surface area contributed by atoms with Crippen LogP contribution in [0, 0.1) is 0 Å². The van der Waals surface area contributed by atoms with E-state index in [1.54, 1.807) is 0 Å². The van der Waals surface area contributed by atoms with Gasteiger partial charge in [0.1, 0.15) is 0 Å². The summed E-state index contributed by atoms with van der Waals surface area (Å²) in [6, 6.07) is 53.6. The molecule has 46 heavy (non-hydrogen) atoms. The van der Waals surface area contributed by atoms with Gasteiger partial charge in [0.2, 0.25) is 0 Å². The van der Waals surface area contributed by atoms with E-state index < -0.39 is 0 Å². The summed E-state index contributed by atoms with van der Waals surface area (Å²) in [6.45, 7) is 0. The van der Waals surface area contributed by atoms with Crippen molar-refractivity contribution in [2.45, 2.75) is 0 Å². The van der Waals surface area contributed by atoms with E-state index in [4.69, 9.17) is 0 Å². The molecule has 0 aliphatic carbocycles. The van der Waals surface area contributed by atoms with Crippen LogP contribution in [0.5, 0.6) is 0 Å². The van der Waals surface area contributed by atoms with Crippen LogP contribution < -0.4 is 0 Å². The topological polar surface area (TPSA) is 18.2 Å². The molecule has 5 heterocycles. The van der Waals surface area contributed by atoms with Crippen molar-refractivity contribution in [3.8, 4) is 5.69 Å². The van der Waals surface area contributed by atoms with Crippen molar-refractivity contribution in [3.63, 3.8) is 0 Å². The highest BCUT2D eigenvalue weighted by Gasteiger charge is 2.25. The maximum absolute atomic E-state index is 2.57. The SMILES string of the molecule is c1ccc(-n2c3ccccc3n3c4c(cccc42)c2ccc4c5cccc6c5n(c5cccc7c8ccccc8n6c75)c4c23)cc1. The second kappa shape index (κ2) is 7.87. The van der Waals surface area contributed by atoms with Crippen LogP contribution >= 0.6 is 0 Å². The van der Waals surface area contributed by atoms with Crippen molar-refractivity contribution < 1.29 is 0 Å². The van der Waals surface area contributed by atoms with Gasteiger partial charge in [0.05, 0.1) is 60.7 Å². The van der Waals surface area contributed by atoms with Crippen molar-refractivity contribution >= 4 is 93.0 Å². The number of rotatable bonds is 1. The fourth-order valence-corrected chi connectivity index (χ4v) is 8.76. The third kappa shape index (κ3) is 2.50. The number of hydrogen-bond acceptors (Lipinski definition) is 0. The molecule has 0 spiro atoms. The predicted molar refractivity (Wildman–Crippen MR) is 192 cm³/mol. The molecule has 0 fully saturated rings. The molecule has 12 aromatic rings. The van der Waals surface area contributed by atoms with Gasteiger partial charge in [-0.1, -0.05) is 97.1 Å². The van der Waals surface area contributed by atoms with Crippen molar-refractivity contribution in [2.75, 3.05) is 0 Å². The Kier molecular flexibility index (Phi) is 3.96. The lowest BCUT2D eigenvalue weighted by molar-refractivity contribution is 1.13. The maximum atomic E-state index is 2.57. The standard InChI is InChI=1S/C42H24N4/c1-2-11-25(12-3-1)43-33-18-6-7-19-34(33)45-39-28(15-9-20-35(39)43)30-23-24-31-29-16-10-21-36-40(29)46(42(31)41(30)45)37-22-8-14-27-26-13-4-5-17-32(26)44(36)38(27)37/h1-24H. The minimum absolute atomic E-state index is 1.16. The van der Waals surface area contributed by atoms with Crippen LogP contribution in [0.4, 0.5) is 0 Å². The van der Waals surface area contributed by atoms with Gasteiger partial charge in [-0.05, 0) is 48.5 Å². The number of nitrogens with zero attached hydrogens (tertiary/aromatic N) is 4. The van der Waals surface area contributed by atoms with Crippen LogP contribution in [0.2, 0.25) is 0 Å². The molecule has 0 saturated heterocycles. The average Bonchev–Trinajstić information content (AvgIpc) is 3.76. The average molecular weight is 585 g/mol. The molecule has 5 aromatic heterocycles. The first-order valence-electron chi connectivity index (χ1n) is 15.9. The minimum atomic E-state index is 1.16. The van der Waals surface area contributed by atoms with E-state index in [9.17, 15) is 0 Å². The minimum Gasteiger partial charge on any atom is -0.306 e. The molecule has 0 aliphatic heterocycles. The lowest BCUT2D eigenvalue weighted by Crippen LogP contribution is -2.04. The summed E-state index contributed by atoms with van der Waals surface area (Å²) >= 11 is 0. The number of aromatic nitrogens is 4. The van der Waals surface area contributed by atoms with Crippen molar-refractivity contribution in [1.82, 2.24) is 17.8 Å². The first-order chi connectivity index (χ1) is 22.9. The van der Waals surface area contributed by atoms with Crippen LogP contribution in [0.3, 0.4) is 0 Å². The molecular weight excluding hydrogens is 560 g/mol. The van der Waals surface area contributed by atoms with Crippen LogP contribution in [0.15, 0.2) is 146 Å². The van der Waals surface area contributed by atoms with Gasteiger partial charge in [-0.3, -0.25) is 0 Å². The fourth-order valence-electron chi connectivity index (χ4n) is 8.76. The van der Waals surface area contributed by atoms with Gasteiger partial charge in [0.15, 0.2) is 0 Å². The zero-order valence-corrected chi connectivity index (χ0v) is 24.6. The van der Waals surface area contributed by atoms with E-state index in [0.29, 0.717) is 0 Å². The second-order valence-corrected chi connectivity index (χ2v) is 12.6. The highest BCUT2D eigenvalue weighted by Crippen LogP contribution is 2.45. The third-order valence-corrected chi connectivity index (χ3v) is 10.4.